The number of benzene rings is 7. The Labute approximate surface area is 304 Å². The van der Waals surface area contributed by atoms with E-state index in [0.717, 1.165) is 76.9 Å². The van der Waals surface area contributed by atoms with Crippen molar-refractivity contribution in [3.8, 4) is 11.5 Å². The lowest BCUT2D eigenvalue weighted by Gasteiger charge is -2.43. The second-order valence-electron chi connectivity index (χ2n) is 13.4. The second-order valence-corrected chi connectivity index (χ2v) is 13.8. The van der Waals surface area contributed by atoms with Gasteiger partial charge in [-0.1, -0.05) is 103 Å². The molecule has 0 saturated heterocycles. The zero-order valence-corrected chi connectivity index (χ0v) is 30.3. The van der Waals surface area contributed by atoms with Crippen LogP contribution in [0, 0.1) is 0 Å². The molecule has 0 atom stereocenters. The molecule has 0 aromatic heterocycles. The first-order chi connectivity index (χ1) is 25.0. The number of hydrogen-bond donors (Lipinski definition) is 0. The van der Waals surface area contributed by atoms with Crippen LogP contribution in [-0.2, 0) is 5.54 Å². The molecule has 2 aliphatic rings. The number of rotatable bonds is 8. The topological polar surface area (TPSA) is 31.3 Å². The van der Waals surface area contributed by atoms with Gasteiger partial charge in [0, 0.05) is 71.9 Å². The molecule has 0 amide bonds. The van der Waals surface area contributed by atoms with Crippen LogP contribution in [0.4, 0.5) is 11.4 Å². The van der Waals surface area contributed by atoms with E-state index in [1.54, 1.807) is 0 Å². The SMILES string of the molecule is CCN(CC)c1ccc2c(c1)Oc1cc(N(CC)CC)ccc1C21c2ccccc2C(=S)N1/N=C/c1ccc2ccc3cccc4ccc1c2c34. The van der Waals surface area contributed by atoms with Gasteiger partial charge in [-0.3, -0.25) is 0 Å². The van der Waals surface area contributed by atoms with E-state index in [4.69, 9.17) is 22.1 Å². The monoisotopic (exact) mass is 684 g/mol. The summed E-state index contributed by atoms with van der Waals surface area (Å²) in [6.07, 6.45) is 2.01. The van der Waals surface area contributed by atoms with Gasteiger partial charge in [0.2, 0.25) is 0 Å². The van der Waals surface area contributed by atoms with Crippen LogP contribution < -0.4 is 14.5 Å². The zero-order chi connectivity index (χ0) is 34.9. The van der Waals surface area contributed by atoms with Gasteiger partial charge in [0.05, 0.1) is 6.21 Å². The summed E-state index contributed by atoms with van der Waals surface area (Å²) in [6.45, 7) is 12.4. The fraction of sp³-hybridized carbons (Fsp3) is 0.200. The van der Waals surface area contributed by atoms with Crippen molar-refractivity contribution < 1.29 is 4.74 Å². The summed E-state index contributed by atoms with van der Waals surface area (Å²) in [6, 6.07) is 41.7. The molecule has 9 rings (SSSR count). The van der Waals surface area contributed by atoms with Crippen LogP contribution in [0.1, 0.15) is 55.5 Å². The van der Waals surface area contributed by atoms with Crippen molar-refractivity contribution in [1.82, 2.24) is 5.01 Å². The average Bonchev–Trinajstić information content (AvgIpc) is 3.41. The van der Waals surface area contributed by atoms with Gasteiger partial charge in [0.15, 0.2) is 0 Å². The van der Waals surface area contributed by atoms with Gasteiger partial charge in [-0.2, -0.15) is 5.10 Å². The molecule has 7 aromatic carbocycles. The highest BCUT2D eigenvalue weighted by Crippen LogP contribution is 2.58. The first-order valence-electron chi connectivity index (χ1n) is 18.1. The summed E-state index contributed by atoms with van der Waals surface area (Å²) in [5.41, 5.74) is 6.67. The Morgan fingerprint density at radius 2 is 1.20 bits per heavy atom. The molecule has 252 valence electrons. The molecule has 0 unspecified atom stereocenters. The highest BCUT2D eigenvalue weighted by atomic mass is 32.1. The van der Waals surface area contributed by atoms with E-state index in [2.05, 4.69) is 158 Å². The highest BCUT2D eigenvalue weighted by Gasteiger charge is 2.55. The lowest BCUT2D eigenvalue weighted by molar-refractivity contribution is 0.269. The maximum Gasteiger partial charge on any atom is 0.147 e. The van der Waals surface area contributed by atoms with Crippen molar-refractivity contribution in [3.05, 3.63) is 143 Å². The van der Waals surface area contributed by atoms with Crippen molar-refractivity contribution in [2.45, 2.75) is 33.2 Å². The molecule has 6 heteroatoms. The van der Waals surface area contributed by atoms with Gasteiger partial charge in [0.25, 0.3) is 0 Å². The molecule has 5 nitrogen and oxygen atoms in total. The van der Waals surface area contributed by atoms with E-state index in [-0.39, 0.29) is 0 Å². The van der Waals surface area contributed by atoms with Crippen molar-refractivity contribution in [2.75, 3.05) is 36.0 Å². The summed E-state index contributed by atoms with van der Waals surface area (Å²) >= 11 is 6.38. The van der Waals surface area contributed by atoms with Gasteiger partial charge >= 0.3 is 0 Å². The number of fused-ring (bicyclic) bond motifs is 6. The Bertz CT molecular complexity index is 2440. The standard InChI is InChI=1S/C45H40N4OS/c1-5-47(6-2)33-21-24-38-40(26-33)50-41-27-34(48(7-3)8-4)22-25-39(41)45(38)37-15-10-9-14-36(37)44(51)49(45)46-28-32-19-18-31-17-16-29-12-11-13-30-20-23-35(32)43(31)42(29)30/h9-28H,5-8H2,1-4H3/b46-28+. The second kappa shape index (κ2) is 12.1. The third-order valence-corrected chi connectivity index (χ3v) is 11.5. The van der Waals surface area contributed by atoms with Gasteiger partial charge in [0.1, 0.15) is 22.0 Å². The number of thiocarbonyl (C=S) groups is 1. The maximum absolute atomic E-state index is 6.93. The molecule has 0 N–H and O–H groups in total. The molecule has 1 spiro atoms. The molecule has 2 aliphatic heterocycles. The van der Waals surface area contributed by atoms with Crippen LogP contribution in [0.15, 0.2) is 120 Å². The minimum absolute atomic E-state index is 0.694. The maximum atomic E-state index is 6.93. The smallest absolute Gasteiger partial charge is 0.147 e. The van der Waals surface area contributed by atoms with Crippen molar-refractivity contribution in [2.24, 2.45) is 5.10 Å². The first kappa shape index (κ1) is 31.5. The van der Waals surface area contributed by atoms with Crippen LogP contribution in [0.3, 0.4) is 0 Å². The van der Waals surface area contributed by atoms with Gasteiger partial charge < -0.3 is 14.5 Å². The minimum Gasteiger partial charge on any atom is -0.456 e. The van der Waals surface area contributed by atoms with Crippen molar-refractivity contribution in [1.29, 1.82) is 0 Å². The van der Waals surface area contributed by atoms with Crippen molar-refractivity contribution >= 4 is 67.1 Å². The minimum atomic E-state index is -0.833. The lowest BCUT2D eigenvalue weighted by Crippen LogP contribution is -2.44. The highest BCUT2D eigenvalue weighted by molar-refractivity contribution is 7.80. The number of nitrogens with zero attached hydrogens (tertiary/aromatic N) is 4. The third kappa shape index (κ3) is 4.52. The van der Waals surface area contributed by atoms with Crippen LogP contribution in [0.2, 0.25) is 0 Å². The van der Waals surface area contributed by atoms with E-state index >= 15 is 0 Å². The molecule has 0 fully saturated rings. The van der Waals surface area contributed by atoms with Gasteiger partial charge in [-0.05, 0) is 77.7 Å². The predicted octanol–water partition coefficient (Wildman–Crippen LogP) is 10.7. The quantitative estimate of drug-likeness (QED) is 0.0904. The first-order valence-corrected chi connectivity index (χ1v) is 18.5. The summed E-state index contributed by atoms with van der Waals surface area (Å²) in [5.74, 6) is 1.65. The largest absolute Gasteiger partial charge is 0.456 e. The summed E-state index contributed by atoms with van der Waals surface area (Å²) < 4.78 is 6.93. The van der Waals surface area contributed by atoms with Crippen LogP contribution in [0.25, 0.3) is 32.3 Å². The molecule has 0 aliphatic carbocycles. The van der Waals surface area contributed by atoms with Crippen LogP contribution >= 0.6 is 12.2 Å². The van der Waals surface area contributed by atoms with Crippen LogP contribution in [-0.4, -0.2) is 42.4 Å². The van der Waals surface area contributed by atoms with E-state index in [1.165, 1.54) is 32.3 Å². The molecule has 51 heavy (non-hydrogen) atoms. The molecule has 2 heterocycles. The average molecular weight is 685 g/mol. The Morgan fingerprint density at radius 3 is 1.82 bits per heavy atom. The Kier molecular flexibility index (Phi) is 7.48. The van der Waals surface area contributed by atoms with Gasteiger partial charge in [-0.25, -0.2) is 5.01 Å². The van der Waals surface area contributed by atoms with Crippen molar-refractivity contribution in [3.63, 3.8) is 0 Å². The summed E-state index contributed by atoms with van der Waals surface area (Å²) in [5, 5.41) is 15.0. The number of anilines is 2. The Hall–Kier alpha value is -5.46. The molecule has 0 radical (unpaired) electrons. The Morgan fingerprint density at radius 1 is 0.627 bits per heavy atom. The summed E-state index contributed by atoms with van der Waals surface area (Å²) in [4.78, 5) is 5.41. The fourth-order valence-corrected chi connectivity index (χ4v) is 9.00. The predicted molar refractivity (Wildman–Crippen MR) is 218 cm³/mol. The zero-order valence-electron chi connectivity index (χ0n) is 29.5. The lowest BCUT2D eigenvalue weighted by atomic mass is 9.75. The molecular formula is C45H40N4OS. The molecule has 7 aromatic rings. The Balaban J connectivity index is 1.29. The summed E-state index contributed by atoms with van der Waals surface area (Å²) in [7, 11) is 0. The van der Waals surface area contributed by atoms with E-state index in [1.807, 2.05) is 6.21 Å². The number of hydrogen-bond acceptors (Lipinski definition) is 5. The molecule has 0 bridgehead atoms. The van der Waals surface area contributed by atoms with E-state index < -0.39 is 5.54 Å². The molecular weight excluding hydrogens is 645 g/mol. The van der Waals surface area contributed by atoms with Crippen LogP contribution in [0.5, 0.6) is 11.5 Å². The number of ether oxygens (including phenoxy) is 1. The normalized spacial score (nSPS) is 14.4. The van der Waals surface area contributed by atoms with E-state index in [0.29, 0.717) is 4.99 Å². The number of hydrazone groups is 1. The fourth-order valence-electron chi connectivity index (χ4n) is 8.64. The van der Waals surface area contributed by atoms with E-state index in [9.17, 15) is 0 Å². The van der Waals surface area contributed by atoms with Gasteiger partial charge in [-0.15, -0.1) is 0 Å². The molecule has 0 saturated carbocycles. The third-order valence-electron chi connectivity index (χ3n) is 11.1.